The molecular formula is C12H17BrN4O3. The smallest absolute Gasteiger partial charge is 0.316 e. The van der Waals surface area contributed by atoms with Gasteiger partial charge < -0.3 is 15.5 Å². The average Bonchev–Trinajstić information content (AvgIpc) is 2.37. The molecule has 0 saturated heterocycles. The molecule has 0 radical (unpaired) electrons. The Morgan fingerprint density at radius 3 is 2.65 bits per heavy atom. The zero-order valence-electron chi connectivity index (χ0n) is 11.4. The van der Waals surface area contributed by atoms with Gasteiger partial charge in [0.15, 0.2) is 0 Å². The highest BCUT2D eigenvalue weighted by Crippen LogP contribution is 2.21. The summed E-state index contributed by atoms with van der Waals surface area (Å²) in [6, 6.07) is 4.65. The number of nitro benzene ring substituents is 1. The summed E-state index contributed by atoms with van der Waals surface area (Å²) >= 11 is 3.24. The van der Waals surface area contributed by atoms with Crippen molar-refractivity contribution in [3.63, 3.8) is 0 Å². The van der Waals surface area contributed by atoms with Gasteiger partial charge in [-0.1, -0.05) is 15.9 Å². The minimum Gasteiger partial charge on any atom is -0.337 e. The van der Waals surface area contributed by atoms with Gasteiger partial charge in [-0.25, -0.2) is 4.79 Å². The van der Waals surface area contributed by atoms with E-state index < -0.39 is 4.92 Å². The van der Waals surface area contributed by atoms with E-state index in [1.165, 1.54) is 17.0 Å². The number of urea groups is 1. The quantitative estimate of drug-likeness (QED) is 0.467. The van der Waals surface area contributed by atoms with Crippen molar-refractivity contribution >= 4 is 27.6 Å². The summed E-state index contributed by atoms with van der Waals surface area (Å²) in [6.07, 6.45) is 0. The third kappa shape index (κ3) is 5.54. The van der Waals surface area contributed by atoms with Crippen LogP contribution in [0.25, 0.3) is 0 Å². The molecule has 1 aromatic carbocycles. The molecule has 0 heterocycles. The van der Waals surface area contributed by atoms with Crippen molar-refractivity contribution in [2.24, 2.45) is 0 Å². The number of carbonyl (C=O) groups is 1. The van der Waals surface area contributed by atoms with Crippen molar-refractivity contribution in [2.45, 2.75) is 6.54 Å². The number of amides is 2. The zero-order valence-corrected chi connectivity index (χ0v) is 12.9. The van der Waals surface area contributed by atoms with Gasteiger partial charge in [0.25, 0.3) is 5.69 Å². The molecule has 0 bridgehead atoms. The monoisotopic (exact) mass is 344 g/mol. The van der Waals surface area contributed by atoms with Gasteiger partial charge in [-0.3, -0.25) is 10.1 Å². The highest BCUT2D eigenvalue weighted by molar-refractivity contribution is 9.10. The molecular weight excluding hydrogens is 328 g/mol. The Labute approximate surface area is 125 Å². The normalized spacial score (nSPS) is 10.2. The van der Waals surface area contributed by atoms with Crippen molar-refractivity contribution < 1.29 is 9.72 Å². The molecule has 2 amide bonds. The van der Waals surface area contributed by atoms with Crippen LogP contribution in [0.3, 0.4) is 0 Å². The molecule has 0 fully saturated rings. The highest BCUT2D eigenvalue weighted by Gasteiger charge is 2.08. The van der Waals surface area contributed by atoms with Crippen LogP contribution in [0.4, 0.5) is 10.5 Å². The molecule has 0 spiro atoms. The van der Waals surface area contributed by atoms with Crippen LogP contribution in [0.2, 0.25) is 0 Å². The van der Waals surface area contributed by atoms with Crippen molar-refractivity contribution in [2.75, 3.05) is 27.2 Å². The minimum absolute atomic E-state index is 0.0529. The lowest BCUT2D eigenvalue weighted by Gasteiger charge is -2.12. The van der Waals surface area contributed by atoms with E-state index in [2.05, 4.69) is 26.6 Å². The molecule has 1 rings (SSSR count). The first-order valence-electron chi connectivity index (χ1n) is 6.00. The average molecular weight is 345 g/mol. The van der Waals surface area contributed by atoms with E-state index in [4.69, 9.17) is 0 Å². The van der Waals surface area contributed by atoms with Crippen molar-refractivity contribution in [3.05, 3.63) is 38.3 Å². The number of carbonyl (C=O) groups excluding carboxylic acids is 1. The van der Waals surface area contributed by atoms with Crippen LogP contribution in [0, 0.1) is 10.1 Å². The minimum atomic E-state index is -0.425. The molecule has 0 aliphatic rings. The maximum atomic E-state index is 11.2. The number of rotatable bonds is 6. The molecule has 7 nitrogen and oxygen atoms in total. The van der Waals surface area contributed by atoms with Crippen LogP contribution in [0.1, 0.15) is 5.56 Å². The van der Waals surface area contributed by atoms with Crippen LogP contribution < -0.4 is 10.6 Å². The van der Waals surface area contributed by atoms with Crippen LogP contribution in [0.15, 0.2) is 22.7 Å². The van der Waals surface area contributed by atoms with Crippen molar-refractivity contribution in [3.8, 4) is 0 Å². The SMILES string of the molecule is CN(C)C(=O)NCCNCc1cc(Br)cc([N+](=O)[O-])c1. The molecule has 0 aliphatic carbocycles. The summed E-state index contributed by atoms with van der Waals surface area (Å²) in [7, 11) is 3.34. The van der Waals surface area contributed by atoms with Gasteiger partial charge in [-0.05, 0) is 11.6 Å². The Morgan fingerprint density at radius 1 is 1.35 bits per heavy atom. The molecule has 0 aromatic heterocycles. The van der Waals surface area contributed by atoms with E-state index in [9.17, 15) is 14.9 Å². The topological polar surface area (TPSA) is 87.5 Å². The Balaban J connectivity index is 2.39. The maximum Gasteiger partial charge on any atom is 0.316 e. The lowest BCUT2D eigenvalue weighted by Crippen LogP contribution is -2.38. The van der Waals surface area contributed by atoms with Crippen molar-refractivity contribution in [1.29, 1.82) is 0 Å². The van der Waals surface area contributed by atoms with Crippen LogP contribution in [-0.4, -0.2) is 43.0 Å². The Morgan fingerprint density at radius 2 is 2.05 bits per heavy atom. The molecule has 1 aromatic rings. The summed E-state index contributed by atoms with van der Waals surface area (Å²) in [6.45, 7) is 1.57. The highest BCUT2D eigenvalue weighted by atomic mass is 79.9. The first-order valence-corrected chi connectivity index (χ1v) is 6.79. The first-order chi connectivity index (χ1) is 9.40. The fraction of sp³-hybridized carbons (Fsp3) is 0.417. The van der Waals surface area contributed by atoms with E-state index in [-0.39, 0.29) is 11.7 Å². The van der Waals surface area contributed by atoms with Crippen LogP contribution >= 0.6 is 15.9 Å². The van der Waals surface area contributed by atoms with Crippen molar-refractivity contribution in [1.82, 2.24) is 15.5 Å². The largest absolute Gasteiger partial charge is 0.337 e. The lowest BCUT2D eigenvalue weighted by molar-refractivity contribution is -0.385. The van der Waals surface area contributed by atoms with Crippen LogP contribution in [0.5, 0.6) is 0 Å². The molecule has 110 valence electrons. The van der Waals surface area contributed by atoms with E-state index in [1.807, 2.05) is 6.07 Å². The lowest BCUT2D eigenvalue weighted by atomic mass is 10.2. The van der Waals surface area contributed by atoms with Gasteiger partial charge in [-0.15, -0.1) is 0 Å². The number of nitro groups is 1. The number of non-ortho nitro benzene ring substituents is 1. The predicted molar refractivity (Wildman–Crippen MR) is 79.6 cm³/mol. The number of benzene rings is 1. The third-order valence-electron chi connectivity index (χ3n) is 2.47. The van der Waals surface area contributed by atoms with Gasteiger partial charge in [0.2, 0.25) is 0 Å². The van der Waals surface area contributed by atoms with E-state index in [0.29, 0.717) is 24.1 Å². The van der Waals surface area contributed by atoms with Gasteiger partial charge in [0, 0.05) is 50.3 Å². The Bertz CT molecular complexity index is 494. The number of hydrogen-bond acceptors (Lipinski definition) is 4. The second-order valence-corrected chi connectivity index (χ2v) is 5.29. The molecule has 0 saturated carbocycles. The number of nitrogens with one attached hydrogen (secondary N) is 2. The van der Waals surface area contributed by atoms with Gasteiger partial charge in [0.1, 0.15) is 0 Å². The molecule has 2 N–H and O–H groups in total. The summed E-state index contributed by atoms with van der Waals surface area (Å²) < 4.78 is 0.671. The van der Waals surface area contributed by atoms with Gasteiger partial charge >= 0.3 is 6.03 Å². The fourth-order valence-corrected chi connectivity index (χ4v) is 2.02. The van der Waals surface area contributed by atoms with E-state index in [1.54, 1.807) is 14.1 Å². The first kappa shape index (κ1) is 16.4. The van der Waals surface area contributed by atoms with Gasteiger partial charge in [0.05, 0.1) is 4.92 Å². The molecule has 0 unspecified atom stereocenters. The maximum absolute atomic E-state index is 11.2. The Hall–Kier alpha value is -1.67. The number of hydrogen-bond donors (Lipinski definition) is 2. The summed E-state index contributed by atoms with van der Waals surface area (Å²) in [4.78, 5) is 23.0. The third-order valence-corrected chi connectivity index (χ3v) is 2.92. The fourth-order valence-electron chi connectivity index (χ4n) is 1.49. The molecule has 8 heteroatoms. The van der Waals surface area contributed by atoms with E-state index in [0.717, 1.165) is 5.56 Å². The van der Waals surface area contributed by atoms with E-state index >= 15 is 0 Å². The van der Waals surface area contributed by atoms with Crippen LogP contribution in [-0.2, 0) is 6.54 Å². The number of nitrogens with zero attached hydrogens (tertiary/aromatic N) is 2. The summed E-state index contributed by atoms with van der Waals surface area (Å²) in [5, 5.41) is 16.6. The Kier molecular flexibility index (Phi) is 6.40. The zero-order chi connectivity index (χ0) is 15.1. The standard InChI is InChI=1S/C12H17BrN4O3/c1-16(2)12(18)15-4-3-14-8-9-5-10(13)7-11(6-9)17(19)20/h5-7,14H,3-4,8H2,1-2H3,(H,15,18). The second kappa shape index (κ2) is 7.81. The summed E-state index contributed by atoms with van der Waals surface area (Å²) in [5.41, 5.74) is 0.863. The number of halogens is 1. The molecule has 0 aliphatic heterocycles. The molecule has 20 heavy (non-hydrogen) atoms. The molecule has 0 atom stereocenters. The summed E-state index contributed by atoms with van der Waals surface area (Å²) in [5.74, 6) is 0. The van der Waals surface area contributed by atoms with Gasteiger partial charge in [-0.2, -0.15) is 0 Å². The second-order valence-electron chi connectivity index (χ2n) is 4.38. The predicted octanol–water partition coefficient (Wildman–Crippen LogP) is 1.72.